The molecule has 1 amide bonds. The third-order valence-corrected chi connectivity index (χ3v) is 2.21. The summed E-state index contributed by atoms with van der Waals surface area (Å²) in [7, 11) is 0. The van der Waals surface area contributed by atoms with Crippen LogP contribution in [0.2, 0.25) is 0 Å². The maximum absolute atomic E-state index is 11.5. The predicted molar refractivity (Wildman–Crippen MR) is 60.2 cm³/mol. The second-order valence-corrected chi connectivity index (χ2v) is 3.38. The molecule has 1 N–H and O–H groups in total. The van der Waals surface area contributed by atoms with E-state index in [9.17, 15) is 9.59 Å². The molecule has 0 spiro atoms. The third kappa shape index (κ3) is 2.36. The molecule has 2 aromatic rings. The number of amides is 1. The van der Waals surface area contributed by atoms with Crippen molar-refractivity contribution >= 4 is 17.0 Å². The van der Waals surface area contributed by atoms with Crippen LogP contribution in [0.5, 0.6) is 0 Å². The average molecular weight is 236 g/mol. The van der Waals surface area contributed by atoms with Gasteiger partial charge in [0.15, 0.2) is 5.58 Å². The normalized spacial score (nSPS) is 10.6. The van der Waals surface area contributed by atoms with E-state index in [1.807, 2.05) is 0 Å². The molecule has 0 aliphatic rings. The maximum atomic E-state index is 11.5. The molecule has 0 radical (unpaired) electrons. The van der Waals surface area contributed by atoms with Crippen LogP contribution in [-0.4, -0.2) is 17.1 Å². The molecular weight excluding hydrogens is 224 g/mol. The van der Waals surface area contributed by atoms with Crippen LogP contribution >= 0.6 is 0 Å². The Morgan fingerprint density at radius 2 is 2.24 bits per heavy atom. The quantitative estimate of drug-likeness (QED) is 0.791. The molecule has 90 valence electrons. The Kier molecular flexibility index (Phi) is 3.24. The van der Waals surface area contributed by atoms with Crippen molar-refractivity contribution in [1.29, 1.82) is 0 Å². The summed E-state index contributed by atoms with van der Waals surface area (Å²) in [6.45, 7) is 1.99. The zero-order valence-corrected chi connectivity index (χ0v) is 9.30. The van der Waals surface area contributed by atoms with Gasteiger partial charge in [0, 0.05) is 0 Å². The monoisotopic (exact) mass is 236 g/mol. The van der Waals surface area contributed by atoms with E-state index in [2.05, 4.69) is 5.48 Å². The standard InChI is InChI=1S/C11H12N2O4/c1-2-16-12-10(14)7-13-8-5-3-4-6-9(8)17-11(13)15/h3-6H,2,7H2,1H3,(H,12,14). The van der Waals surface area contributed by atoms with E-state index in [-0.39, 0.29) is 6.54 Å². The summed E-state index contributed by atoms with van der Waals surface area (Å²) in [5.74, 6) is -0.960. The van der Waals surface area contributed by atoms with Crippen LogP contribution in [-0.2, 0) is 16.2 Å². The van der Waals surface area contributed by atoms with Crippen LogP contribution < -0.4 is 11.2 Å². The highest BCUT2D eigenvalue weighted by Gasteiger charge is 2.11. The molecule has 0 aliphatic heterocycles. The number of nitrogens with zero attached hydrogens (tertiary/aromatic N) is 1. The number of aromatic nitrogens is 1. The first kappa shape index (κ1) is 11.4. The van der Waals surface area contributed by atoms with E-state index in [0.29, 0.717) is 17.7 Å². The number of rotatable bonds is 4. The minimum Gasteiger partial charge on any atom is -0.408 e. The largest absolute Gasteiger partial charge is 0.420 e. The van der Waals surface area contributed by atoms with Crippen LogP contribution in [0.4, 0.5) is 0 Å². The Morgan fingerprint density at radius 3 is 3.00 bits per heavy atom. The summed E-state index contributed by atoms with van der Waals surface area (Å²) in [4.78, 5) is 27.7. The Bertz CT molecular complexity index is 584. The molecule has 17 heavy (non-hydrogen) atoms. The third-order valence-electron chi connectivity index (χ3n) is 2.21. The van der Waals surface area contributed by atoms with Gasteiger partial charge in [0.1, 0.15) is 6.54 Å². The van der Waals surface area contributed by atoms with Crippen molar-refractivity contribution in [3.63, 3.8) is 0 Å². The lowest BCUT2D eigenvalue weighted by Crippen LogP contribution is -2.30. The van der Waals surface area contributed by atoms with Crippen LogP contribution in [0.15, 0.2) is 33.5 Å². The van der Waals surface area contributed by atoms with Gasteiger partial charge >= 0.3 is 5.76 Å². The van der Waals surface area contributed by atoms with Gasteiger partial charge in [0.25, 0.3) is 5.91 Å². The van der Waals surface area contributed by atoms with Crippen molar-refractivity contribution in [1.82, 2.24) is 10.0 Å². The number of benzene rings is 1. The lowest BCUT2D eigenvalue weighted by atomic mass is 10.3. The first-order chi connectivity index (χ1) is 8.22. The first-order valence-electron chi connectivity index (χ1n) is 5.21. The molecular formula is C11H12N2O4. The number of hydroxylamine groups is 1. The second kappa shape index (κ2) is 4.84. The number of hydrogen-bond acceptors (Lipinski definition) is 4. The van der Waals surface area contributed by atoms with Gasteiger partial charge in [-0.25, -0.2) is 10.3 Å². The Morgan fingerprint density at radius 1 is 1.47 bits per heavy atom. The molecule has 6 nitrogen and oxygen atoms in total. The molecule has 0 atom stereocenters. The second-order valence-electron chi connectivity index (χ2n) is 3.38. The molecule has 0 saturated heterocycles. The zero-order valence-electron chi connectivity index (χ0n) is 9.30. The van der Waals surface area contributed by atoms with Crippen LogP contribution in [0.1, 0.15) is 6.92 Å². The Labute approximate surface area is 96.7 Å². The molecule has 0 bridgehead atoms. The molecule has 6 heteroatoms. The number of para-hydroxylation sites is 2. The Hall–Kier alpha value is -2.08. The van der Waals surface area contributed by atoms with Crippen LogP contribution in [0.25, 0.3) is 11.1 Å². The Balaban J connectivity index is 2.26. The molecule has 0 saturated carbocycles. The van der Waals surface area contributed by atoms with Crippen LogP contribution in [0, 0.1) is 0 Å². The van der Waals surface area contributed by atoms with Gasteiger partial charge in [-0.15, -0.1) is 0 Å². The van der Waals surface area contributed by atoms with E-state index in [0.717, 1.165) is 0 Å². The van der Waals surface area contributed by atoms with E-state index >= 15 is 0 Å². The van der Waals surface area contributed by atoms with Crippen molar-refractivity contribution < 1.29 is 14.0 Å². The van der Waals surface area contributed by atoms with Gasteiger partial charge in [-0.3, -0.25) is 14.2 Å². The maximum Gasteiger partial charge on any atom is 0.420 e. The number of fused-ring (bicyclic) bond motifs is 1. The van der Waals surface area contributed by atoms with E-state index in [1.54, 1.807) is 31.2 Å². The summed E-state index contributed by atoms with van der Waals surface area (Å²) in [5, 5.41) is 0. The van der Waals surface area contributed by atoms with Crippen molar-refractivity contribution in [3.8, 4) is 0 Å². The average Bonchev–Trinajstić information content (AvgIpc) is 2.64. The van der Waals surface area contributed by atoms with Gasteiger partial charge in [-0.1, -0.05) is 12.1 Å². The van der Waals surface area contributed by atoms with Crippen molar-refractivity contribution in [2.45, 2.75) is 13.5 Å². The van der Waals surface area contributed by atoms with E-state index < -0.39 is 11.7 Å². The summed E-state index contributed by atoms with van der Waals surface area (Å²) in [6.07, 6.45) is 0. The minimum absolute atomic E-state index is 0.129. The highest BCUT2D eigenvalue weighted by Crippen LogP contribution is 2.11. The minimum atomic E-state index is -0.558. The van der Waals surface area contributed by atoms with E-state index in [4.69, 9.17) is 9.25 Å². The smallest absolute Gasteiger partial charge is 0.408 e. The predicted octanol–water partition coefficient (Wildman–Crippen LogP) is 0.662. The van der Waals surface area contributed by atoms with Crippen molar-refractivity contribution in [3.05, 3.63) is 34.8 Å². The highest BCUT2D eigenvalue weighted by atomic mass is 16.6. The van der Waals surface area contributed by atoms with Gasteiger partial charge in [-0.2, -0.15) is 0 Å². The fourth-order valence-corrected chi connectivity index (χ4v) is 1.49. The van der Waals surface area contributed by atoms with Gasteiger partial charge < -0.3 is 4.42 Å². The van der Waals surface area contributed by atoms with Crippen molar-refractivity contribution in [2.24, 2.45) is 0 Å². The van der Waals surface area contributed by atoms with Gasteiger partial charge in [0.05, 0.1) is 12.1 Å². The molecule has 0 aliphatic carbocycles. The van der Waals surface area contributed by atoms with Gasteiger partial charge in [0.2, 0.25) is 0 Å². The number of nitrogens with one attached hydrogen (secondary N) is 1. The molecule has 1 aromatic heterocycles. The molecule has 1 aromatic carbocycles. The summed E-state index contributed by atoms with van der Waals surface area (Å²) in [6, 6.07) is 6.92. The lowest BCUT2D eigenvalue weighted by molar-refractivity contribution is -0.133. The molecule has 0 fully saturated rings. The molecule has 0 unspecified atom stereocenters. The fraction of sp³-hybridized carbons (Fsp3) is 0.273. The number of hydrogen-bond donors (Lipinski definition) is 1. The summed E-state index contributed by atoms with van der Waals surface area (Å²) >= 11 is 0. The van der Waals surface area contributed by atoms with Gasteiger partial charge in [-0.05, 0) is 19.1 Å². The van der Waals surface area contributed by atoms with Crippen molar-refractivity contribution in [2.75, 3.05) is 6.61 Å². The highest BCUT2D eigenvalue weighted by molar-refractivity contribution is 5.78. The van der Waals surface area contributed by atoms with E-state index in [1.165, 1.54) is 4.57 Å². The summed E-state index contributed by atoms with van der Waals surface area (Å²) < 4.78 is 6.24. The number of oxazole rings is 1. The molecule has 1 heterocycles. The number of carbonyl (C=O) groups is 1. The number of carbonyl (C=O) groups excluding carboxylic acids is 1. The topological polar surface area (TPSA) is 73.5 Å². The fourth-order valence-electron chi connectivity index (χ4n) is 1.49. The van der Waals surface area contributed by atoms with Crippen LogP contribution in [0.3, 0.4) is 0 Å². The summed E-state index contributed by atoms with van der Waals surface area (Å²) in [5.41, 5.74) is 3.27. The SMILES string of the molecule is CCONC(=O)Cn1c(=O)oc2ccccc21. The lowest BCUT2D eigenvalue weighted by Gasteiger charge is -2.03. The molecule has 2 rings (SSSR count). The first-order valence-corrected chi connectivity index (χ1v) is 5.21. The zero-order chi connectivity index (χ0) is 12.3.